The van der Waals surface area contributed by atoms with Gasteiger partial charge in [-0.05, 0) is 18.2 Å². The van der Waals surface area contributed by atoms with Crippen molar-refractivity contribution in [3.05, 3.63) is 78.1 Å². The van der Waals surface area contributed by atoms with E-state index in [1.165, 1.54) is 18.3 Å². The zero-order valence-electron chi connectivity index (χ0n) is 14.5. The Bertz CT molecular complexity index is 1120. The third-order valence-corrected chi connectivity index (χ3v) is 4.11. The molecule has 0 radical (unpaired) electrons. The zero-order chi connectivity index (χ0) is 18.8. The smallest absolute Gasteiger partial charge is 0.256 e. The number of halogens is 1. The summed E-state index contributed by atoms with van der Waals surface area (Å²) in [4.78, 5) is 16.7. The Hall–Kier alpha value is -3.68. The van der Waals surface area contributed by atoms with E-state index in [9.17, 15) is 9.18 Å². The van der Waals surface area contributed by atoms with Crippen molar-refractivity contribution in [2.45, 2.75) is 6.54 Å². The van der Waals surface area contributed by atoms with Gasteiger partial charge < -0.3 is 14.6 Å². The van der Waals surface area contributed by atoms with Crippen LogP contribution < -0.4 is 10.1 Å². The summed E-state index contributed by atoms with van der Waals surface area (Å²) in [5.74, 6) is -0.440. The summed E-state index contributed by atoms with van der Waals surface area (Å²) in [6.07, 6.45) is 6.66. The number of amides is 1. The number of fused-ring (bicyclic) bond motifs is 1. The number of aryl methyl sites for hydroxylation is 1. The topological polar surface area (TPSA) is 73.5 Å². The number of benzene rings is 1. The minimum absolute atomic E-state index is 0.0749. The van der Waals surface area contributed by atoms with Crippen molar-refractivity contribution >= 4 is 11.6 Å². The number of aromatic nitrogens is 4. The van der Waals surface area contributed by atoms with Crippen molar-refractivity contribution in [1.82, 2.24) is 24.5 Å². The molecule has 0 fully saturated rings. The summed E-state index contributed by atoms with van der Waals surface area (Å²) in [6, 6.07) is 9.58. The fourth-order valence-electron chi connectivity index (χ4n) is 2.76. The molecular formula is C19H16FN5O2. The molecule has 27 heavy (non-hydrogen) atoms. The molecule has 3 heterocycles. The molecule has 0 saturated heterocycles. The van der Waals surface area contributed by atoms with E-state index in [0.29, 0.717) is 16.8 Å². The van der Waals surface area contributed by atoms with E-state index in [2.05, 4.69) is 15.4 Å². The lowest BCUT2D eigenvalue weighted by molar-refractivity contribution is 0.0952. The van der Waals surface area contributed by atoms with E-state index < -0.39 is 5.82 Å². The molecule has 136 valence electrons. The number of rotatable bonds is 5. The molecule has 0 unspecified atom stereocenters. The lowest BCUT2D eigenvalue weighted by Gasteiger charge is -2.11. The van der Waals surface area contributed by atoms with Gasteiger partial charge in [0.25, 0.3) is 5.91 Å². The first-order chi connectivity index (χ1) is 13.1. The first-order valence-corrected chi connectivity index (χ1v) is 8.26. The summed E-state index contributed by atoms with van der Waals surface area (Å²) < 4.78 is 22.9. The van der Waals surface area contributed by atoms with E-state index in [0.717, 1.165) is 0 Å². The largest absolute Gasteiger partial charge is 0.436 e. The molecule has 1 amide bonds. The molecule has 0 saturated carbocycles. The van der Waals surface area contributed by atoms with E-state index in [4.69, 9.17) is 4.74 Å². The van der Waals surface area contributed by atoms with Crippen molar-refractivity contribution in [1.29, 1.82) is 0 Å². The minimum Gasteiger partial charge on any atom is -0.436 e. The summed E-state index contributed by atoms with van der Waals surface area (Å²) >= 11 is 0. The van der Waals surface area contributed by atoms with E-state index in [1.807, 2.05) is 17.8 Å². The number of ether oxygens (including phenoxy) is 1. The fraction of sp³-hybridized carbons (Fsp3) is 0.105. The quantitative estimate of drug-likeness (QED) is 0.590. The molecule has 4 aromatic rings. The standard InChI is InChI=1S/C19H16FN5O2/c1-24-9-10-25-19(24)14(12-23-25)17(26)22-11-13-5-4-8-21-18(13)27-16-7-3-2-6-15(16)20/h2-10,12H,11H2,1H3,(H,22,26). The molecule has 0 aliphatic rings. The molecule has 0 aliphatic carbocycles. The lowest BCUT2D eigenvalue weighted by Crippen LogP contribution is -2.23. The molecule has 0 bridgehead atoms. The van der Waals surface area contributed by atoms with Crippen LogP contribution in [0.15, 0.2) is 61.2 Å². The number of nitrogens with zero attached hydrogens (tertiary/aromatic N) is 4. The summed E-state index contributed by atoms with van der Waals surface area (Å²) in [6.45, 7) is 0.179. The van der Waals surface area contributed by atoms with Gasteiger partial charge in [0.1, 0.15) is 11.2 Å². The average Bonchev–Trinajstić information content (AvgIpc) is 3.26. The van der Waals surface area contributed by atoms with Crippen LogP contribution in [0.3, 0.4) is 0 Å². The Kier molecular flexibility index (Phi) is 4.29. The molecule has 0 atom stereocenters. The first kappa shape index (κ1) is 16.8. The predicted molar refractivity (Wildman–Crippen MR) is 96.0 cm³/mol. The molecule has 1 aromatic carbocycles. The third-order valence-electron chi connectivity index (χ3n) is 4.11. The van der Waals surface area contributed by atoms with Crippen molar-refractivity contribution in [2.75, 3.05) is 0 Å². The van der Waals surface area contributed by atoms with Gasteiger partial charge in [-0.15, -0.1) is 0 Å². The Morgan fingerprint density at radius 1 is 1.22 bits per heavy atom. The van der Waals surface area contributed by atoms with E-state index >= 15 is 0 Å². The number of hydrogen-bond acceptors (Lipinski definition) is 4. The van der Waals surface area contributed by atoms with Gasteiger partial charge >= 0.3 is 0 Å². The highest BCUT2D eigenvalue weighted by atomic mass is 19.1. The summed E-state index contributed by atoms with van der Waals surface area (Å²) in [5.41, 5.74) is 1.79. The van der Waals surface area contributed by atoms with Gasteiger partial charge in [-0.25, -0.2) is 13.9 Å². The zero-order valence-corrected chi connectivity index (χ0v) is 14.5. The summed E-state index contributed by atoms with van der Waals surface area (Å²) in [5, 5.41) is 6.99. The van der Waals surface area contributed by atoms with Gasteiger partial charge in [0.15, 0.2) is 11.6 Å². The van der Waals surface area contributed by atoms with Crippen LogP contribution in [0.4, 0.5) is 4.39 Å². The SMILES string of the molecule is Cn1ccn2ncc(C(=O)NCc3cccnc3Oc3ccccc3F)c12. The van der Waals surface area contributed by atoms with Crippen molar-refractivity contribution in [3.63, 3.8) is 0 Å². The monoisotopic (exact) mass is 365 g/mol. The number of para-hydroxylation sites is 1. The molecule has 0 aliphatic heterocycles. The van der Waals surface area contributed by atoms with Crippen LogP contribution in [0.5, 0.6) is 11.6 Å². The highest BCUT2D eigenvalue weighted by molar-refractivity contribution is 5.99. The van der Waals surface area contributed by atoms with Crippen LogP contribution in [0, 0.1) is 5.82 Å². The van der Waals surface area contributed by atoms with Crippen molar-refractivity contribution < 1.29 is 13.9 Å². The number of pyridine rings is 1. The molecule has 3 aromatic heterocycles. The van der Waals surface area contributed by atoms with Gasteiger partial charge in [0.2, 0.25) is 5.88 Å². The normalized spacial score (nSPS) is 10.9. The maximum atomic E-state index is 13.8. The van der Waals surface area contributed by atoms with Crippen LogP contribution in [0.1, 0.15) is 15.9 Å². The number of imidazole rings is 1. The molecular weight excluding hydrogens is 349 g/mol. The third kappa shape index (κ3) is 3.24. The van der Waals surface area contributed by atoms with Gasteiger partial charge in [0.05, 0.1) is 6.20 Å². The average molecular weight is 365 g/mol. The molecule has 4 rings (SSSR count). The highest BCUT2D eigenvalue weighted by Gasteiger charge is 2.16. The molecule has 1 N–H and O–H groups in total. The van der Waals surface area contributed by atoms with Crippen LogP contribution in [0.2, 0.25) is 0 Å². The maximum absolute atomic E-state index is 13.8. The van der Waals surface area contributed by atoms with Crippen LogP contribution in [-0.2, 0) is 13.6 Å². The number of nitrogens with one attached hydrogen (secondary N) is 1. The highest BCUT2D eigenvalue weighted by Crippen LogP contribution is 2.25. The van der Waals surface area contributed by atoms with Crippen LogP contribution in [-0.4, -0.2) is 25.1 Å². The van der Waals surface area contributed by atoms with Crippen LogP contribution in [0.25, 0.3) is 5.65 Å². The first-order valence-electron chi connectivity index (χ1n) is 8.26. The van der Waals surface area contributed by atoms with Gasteiger partial charge in [-0.1, -0.05) is 18.2 Å². The number of hydrogen-bond donors (Lipinski definition) is 1. The van der Waals surface area contributed by atoms with Crippen LogP contribution >= 0.6 is 0 Å². The number of carbonyl (C=O) groups excluding carboxylic acids is 1. The Morgan fingerprint density at radius 3 is 2.93 bits per heavy atom. The molecule has 0 spiro atoms. The van der Waals surface area contributed by atoms with Gasteiger partial charge in [-0.2, -0.15) is 5.10 Å². The second-order valence-electron chi connectivity index (χ2n) is 5.92. The van der Waals surface area contributed by atoms with Crippen molar-refractivity contribution in [2.24, 2.45) is 7.05 Å². The Labute approximate surface area is 154 Å². The second kappa shape index (κ2) is 6.91. The fourth-order valence-corrected chi connectivity index (χ4v) is 2.76. The van der Waals surface area contributed by atoms with E-state index in [-0.39, 0.29) is 24.1 Å². The second-order valence-corrected chi connectivity index (χ2v) is 5.92. The lowest BCUT2D eigenvalue weighted by atomic mass is 10.2. The van der Waals surface area contributed by atoms with Gasteiger partial charge in [-0.3, -0.25) is 4.79 Å². The van der Waals surface area contributed by atoms with E-state index in [1.54, 1.807) is 41.2 Å². The number of carbonyl (C=O) groups is 1. The Balaban J connectivity index is 1.52. The minimum atomic E-state index is -0.482. The summed E-state index contributed by atoms with van der Waals surface area (Å²) in [7, 11) is 1.84. The maximum Gasteiger partial charge on any atom is 0.256 e. The Morgan fingerprint density at radius 2 is 2.07 bits per heavy atom. The van der Waals surface area contributed by atoms with Crippen molar-refractivity contribution in [3.8, 4) is 11.6 Å². The van der Waals surface area contributed by atoms with Gasteiger partial charge in [0, 0.05) is 37.7 Å². The molecule has 7 nitrogen and oxygen atoms in total. The predicted octanol–water partition coefficient (Wildman–Crippen LogP) is 2.93. The molecule has 8 heteroatoms.